The molecule has 1 rings (SSSR count). The van der Waals surface area contributed by atoms with Crippen molar-refractivity contribution < 1.29 is 9.90 Å². The van der Waals surface area contributed by atoms with E-state index in [1.165, 1.54) is 0 Å². The average Bonchev–Trinajstić information content (AvgIpc) is 1.59. The molecule has 1 fully saturated rings. The molecule has 1 aliphatic rings. The minimum Gasteiger partial charge on any atom is -0.481 e. The first-order chi connectivity index (χ1) is 4.01. The lowest BCUT2D eigenvalue weighted by Gasteiger charge is -2.35. The van der Waals surface area contributed by atoms with Gasteiger partial charge in [-0.2, -0.15) is 0 Å². The quantitative estimate of drug-likeness (QED) is 0.730. The van der Waals surface area contributed by atoms with Crippen LogP contribution in [-0.4, -0.2) is 14.3 Å². The summed E-state index contributed by atoms with van der Waals surface area (Å²) in [5.41, 5.74) is 0. The lowest BCUT2D eigenvalue weighted by atomic mass is 9.85. The molecular weight excluding hydrogens is 252 g/mol. The molecule has 0 spiro atoms. The maximum absolute atomic E-state index is 10.2. The number of halogens is 2. The van der Waals surface area contributed by atoms with E-state index in [9.17, 15) is 4.79 Å². The van der Waals surface area contributed by atoms with Crippen LogP contribution in [0.2, 0.25) is 0 Å². The Morgan fingerprint density at radius 1 is 1.56 bits per heavy atom. The van der Waals surface area contributed by atoms with Crippen LogP contribution in [0.25, 0.3) is 0 Å². The molecule has 0 heterocycles. The highest BCUT2D eigenvalue weighted by atomic mass is 79.9. The Hall–Kier alpha value is 0.430. The molecule has 1 saturated carbocycles. The lowest BCUT2D eigenvalue weighted by molar-refractivity contribution is -0.144. The van der Waals surface area contributed by atoms with Gasteiger partial charge in [0.2, 0.25) is 0 Å². The monoisotopic (exact) mass is 256 g/mol. The summed E-state index contributed by atoms with van der Waals surface area (Å²) < 4.78 is -0.0803. The van der Waals surface area contributed by atoms with Crippen LogP contribution in [0.15, 0.2) is 0 Å². The topological polar surface area (TPSA) is 37.3 Å². The summed E-state index contributed by atoms with van der Waals surface area (Å²) >= 11 is 6.65. The van der Waals surface area contributed by atoms with E-state index < -0.39 is 5.97 Å². The Morgan fingerprint density at radius 2 is 2.00 bits per heavy atom. The van der Waals surface area contributed by atoms with Crippen LogP contribution in [0.3, 0.4) is 0 Å². The van der Waals surface area contributed by atoms with E-state index in [4.69, 9.17) is 5.11 Å². The molecule has 1 aliphatic carbocycles. The largest absolute Gasteiger partial charge is 0.481 e. The summed E-state index contributed by atoms with van der Waals surface area (Å²) in [4.78, 5) is 10.2. The fraction of sp³-hybridized carbons (Fsp3) is 0.800. The molecule has 0 aliphatic heterocycles. The highest BCUT2D eigenvalue weighted by Gasteiger charge is 2.43. The Balaban J connectivity index is 2.35. The van der Waals surface area contributed by atoms with Crippen LogP contribution in [0.4, 0.5) is 0 Å². The second-order valence-electron chi connectivity index (χ2n) is 2.30. The molecule has 0 aromatic rings. The lowest BCUT2D eigenvalue weighted by Crippen LogP contribution is -2.37. The average molecular weight is 258 g/mol. The molecular formula is C5H6Br2O2. The Kier molecular flexibility index (Phi) is 1.87. The minimum atomic E-state index is -0.690. The van der Waals surface area contributed by atoms with Crippen molar-refractivity contribution in [3.63, 3.8) is 0 Å². The Morgan fingerprint density at radius 3 is 2.11 bits per heavy atom. The van der Waals surface area contributed by atoms with Crippen molar-refractivity contribution >= 4 is 37.8 Å². The number of aliphatic carboxylic acids is 1. The summed E-state index contributed by atoms with van der Waals surface area (Å²) in [6, 6.07) is 0. The maximum atomic E-state index is 10.2. The third-order valence-electron chi connectivity index (χ3n) is 1.44. The molecule has 2 nitrogen and oxygen atoms in total. The van der Waals surface area contributed by atoms with Crippen molar-refractivity contribution in [2.45, 2.75) is 16.1 Å². The molecule has 0 aromatic heterocycles. The Bertz CT molecular complexity index is 136. The van der Waals surface area contributed by atoms with Gasteiger partial charge >= 0.3 is 5.97 Å². The van der Waals surface area contributed by atoms with Gasteiger partial charge in [0, 0.05) is 0 Å². The fourth-order valence-corrected chi connectivity index (χ4v) is 2.40. The highest BCUT2D eigenvalue weighted by Crippen LogP contribution is 2.49. The van der Waals surface area contributed by atoms with Crippen molar-refractivity contribution in [2.24, 2.45) is 5.92 Å². The predicted molar refractivity (Wildman–Crippen MR) is 40.9 cm³/mol. The van der Waals surface area contributed by atoms with Crippen molar-refractivity contribution in [2.75, 3.05) is 0 Å². The van der Waals surface area contributed by atoms with E-state index in [0.29, 0.717) is 12.8 Å². The van der Waals surface area contributed by atoms with Gasteiger partial charge in [0.15, 0.2) is 0 Å². The molecule has 52 valence electrons. The van der Waals surface area contributed by atoms with Crippen molar-refractivity contribution in [3.8, 4) is 0 Å². The zero-order chi connectivity index (χ0) is 7.07. The molecule has 0 bridgehead atoms. The number of hydrogen-bond acceptors (Lipinski definition) is 1. The van der Waals surface area contributed by atoms with Crippen LogP contribution in [0, 0.1) is 5.92 Å². The fourth-order valence-electron chi connectivity index (χ4n) is 0.836. The summed E-state index contributed by atoms with van der Waals surface area (Å²) in [6.45, 7) is 0. The van der Waals surface area contributed by atoms with E-state index in [1.54, 1.807) is 0 Å². The first kappa shape index (κ1) is 7.54. The number of hydrogen-bond donors (Lipinski definition) is 1. The van der Waals surface area contributed by atoms with Gasteiger partial charge in [-0.3, -0.25) is 4.79 Å². The van der Waals surface area contributed by atoms with E-state index >= 15 is 0 Å². The standard InChI is InChI=1S/C5H6Br2O2/c6-5(7)1-3(2-5)4(8)9/h3H,1-2H2,(H,8,9). The van der Waals surface area contributed by atoms with Crippen molar-refractivity contribution in [1.29, 1.82) is 0 Å². The summed E-state index contributed by atoms with van der Waals surface area (Å²) in [5.74, 6) is -0.840. The van der Waals surface area contributed by atoms with Crippen molar-refractivity contribution in [3.05, 3.63) is 0 Å². The maximum Gasteiger partial charge on any atom is 0.306 e. The van der Waals surface area contributed by atoms with Crippen LogP contribution in [-0.2, 0) is 4.79 Å². The van der Waals surface area contributed by atoms with Gasteiger partial charge in [-0.25, -0.2) is 0 Å². The molecule has 0 radical (unpaired) electrons. The molecule has 1 N–H and O–H groups in total. The van der Waals surface area contributed by atoms with Crippen LogP contribution in [0.5, 0.6) is 0 Å². The van der Waals surface area contributed by atoms with Gasteiger partial charge < -0.3 is 5.11 Å². The molecule has 0 atom stereocenters. The number of carboxylic acids is 1. The molecule has 0 saturated heterocycles. The van der Waals surface area contributed by atoms with E-state index in [2.05, 4.69) is 31.9 Å². The number of rotatable bonds is 1. The minimum absolute atomic E-state index is 0.0803. The van der Waals surface area contributed by atoms with Crippen molar-refractivity contribution in [1.82, 2.24) is 0 Å². The van der Waals surface area contributed by atoms with Gasteiger partial charge in [-0.05, 0) is 12.8 Å². The summed E-state index contributed by atoms with van der Waals surface area (Å²) in [5, 5.41) is 8.42. The summed E-state index contributed by atoms with van der Waals surface area (Å²) in [6.07, 6.45) is 1.37. The third kappa shape index (κ3) is 1.67. The predicted octanol–water partition coefficient (Wildman–Crippen LogP) is 1.97. The molecule has 0 unspecified atom stereocenters. The number of carbonyl (C=O) groups is 1. The van der Waals surface area contributed by atoms with Gasteiger partial charge in [0.25, 0.3) is 0 Å². The zero-order valence-corrected chi connectivity index (χ0v) is 7.77. The number of carboxylic acid groups (broad SMARTS) is 1. The van der Waals surface area contributed by atoms with Crippen LogP contribution in [0.1, 0.15) is 12.8 Å². The summed E-state index contributed by atoms with van der Waals surface area (Å²) in [7, 11) is 0. The highest BCUT2D eigenvalue weighted by molar-refractivity contribution is 9.25. The van der Waals surface area contributed by atoms with Crippen LogP contribution < -0.4 is 0 Å². The first-order valence-corrected chi connectivity index (χ1v) is 4.20. The van der Waals surface area contributed by atoms with Gasteiger partial charge in [-0.1, -0.05) is 31.9 Å². The second-order valence-corrected chi connectivity index (χ2v) is 6.40. The van der Waals surface area contributed by atoms with E-state index in [1.807, 2.05) is 0 Å². The zero-order valence-electron chi connectivity index (χ0n) is 4.60. The third-order valence-corrected chi connectivity index (χ3v) is 2.73. The molecule has 4 heteroatoms. The SMILES string of the molecule is O=C(O)C1CC(Br)(Br)C1. The first-order valence-electron chi connectivity index (χ1n) is 2.62. The van der Waals surface area contributed by atoms with Crippen LogP contribution >= 0.6 is 31.9 Å². The van der Waals surface area contributed by atoms with Gasteiger partial charge in [-0.15, -0.1) is 0 Å². The number of alkyl halides is 2. The molecule has 9 heavy (non-hydrogen) atoms. The van der Waals surface area contributed by atoms with E-state index in [-0.39, 0.29) is 9.15 Å². The van der Waals surface area contributed by atoms with Gasteiger partial charge in [0.05, 0.1) is 9.15 Å². The second kappa shape index (κ2) is 2.23. The molecule has 0 amide bonds. The Labute approximate surface area is 69.9 Å². The van der Waals surface area contributed by atoms with E-state index in [0.717, 1.165) is 0 Å². The van der Waals surface area contributed by atoms with Gasteiger partial charge in [0.1, 0.15) is 0 Å². The molecule has 0 aromatic carbocycles. The normalized spacial score (nSPS) is 25.1. The smallest absolute Gasteiger partial charge is 0.306 e.